The van der Waals surface area contributed by atoms with E-state index < -0.39 is 17.4 Å². The van der Waals surface area contributed by atoms with Gasteiger partial charge in [-0.2, -0.15) is 0 Å². The molecule has 3 aliphatic heterocycles. The van der Waals surface area contributed by atoms with Gasteiger partial charge in [-0.15, -0.1) is 0 Å². The fourth-order valence-corrected chi connectivity index (χ4v) is 4.78. The second-order valence-electron chi connectivity index (χ2n) is 7.50. The summed E-state index contributed by atoms with van der Waals surface area (Å²) in [6.07, 6.45) is 2.32. The smallest absolute Gasteiger partial charge is 0.298 e. The van der Waals surface area contributed by atoms with Crippen molar-refractivity contribution in [1.82, 2.24) is 4.90 Å². The summed E-state index contributed by atoms with van der Waals surface area (Å²) < 4.78 is 12.8. The molecule has 2 saturated heterocycles. The van der Waals surface area contributed by atoms with Crippen LogP contribution in [-0.4, -0.2) is 34.6 Å². The maximum absolute atomic E-state index is 13.6. The average Bonchev–Trinajstić information content (AvgIpc) is 2.86. The van der Waals surface area contributed by atoms with Crippen molar-refractivity contribution >= 4 is 11.7 Å². The van der Waals surface area contributed by atoms with Gasteiger partial charge in [-0.3, -0.25) is 19.2 Å². The number of hydrogen-bond acceptors (Lipinski definition) is 4. The molecule has 2 aromatic carbocycles. The maximum Gasteiger partial charge on any atom is 0.298 e. The lowest BCUT2D eigenvalue weighted by Gasteiger charge is -2.39. The minimum absolute atomic E-state index is 0.280. The number of Topliss-reactive ketones (excluding diaryl/α,β-unsaturated/α-hetero) is 1. The van der Waals surface area contributed by atoms with Crippen LogP contribution in [0.5, 0.6) is 5.75 Å². The molecular weight excluding hydrogens is 342 g/mol. The van der Waals surface area contributed by atoms with Gasteiger partial charge in [0.15, 0.2) is 5.78 Å². The van der Waals surface area contributed by atoms with Gasteiger partial charge in [0.25, 0.3) is 11.8 Å². The SMILES string of the molecule is CC(=O)[C@@]12O[C@]3(CCCCN3C1=O)Oc1ccccc1[C@@H]2c1ccccc1. The van der Waals surface area contributed by atoms with Crippen LogP contribution in [0.3, 0.4) is 0 Å². The number of nitrogens with zero attached hydrogens (tertiary/aromatic N) is 1. The highest BCUT2D eigenvalue weighted by Crippen LogP contribution is 2.55. The Labute approximate surface area is 157 Å². The summed E-state index contributed by atoms with van der Waals surface area (Å²) in [6, 6.07) is 17.3. The van der Waals surface area contributed by atoms with E-state index in [0.717, 1.165) is 24.0 Å². The van der Waals surface area contributed by atoms with Gasteiger partial charge in [-0.25, -0.2) is 0 Å². The van der Waals surface area contributed by atoms with Crippen molar-refractivity contribution in [2.75, 3.05) is 6.54 Å². The number of rotatable bonds is 2. The number of ether oxygens (including phenoxy) is 2. The fraction of sp³-hybridized carbons (Fsp3) is 0.364. The summed E-state index contributed by atoms with van der Waals surface area (Å²) in [5.41, 5.74) is 0.0847. The van der Waals surface area contributed by atoms with Crippen LogP contribution >= 0.6 is 0 Å². The minimum atomic E-state index is -1.60. The molecular formula is C22H21NO4. The third-order valence-electron chi connectivity index (χ3n) is 5.98. The minimum Gasteiger partial charge on any atom is -0.444 e. The van der Waals surface area contributed by atoms with E-state index in [-0.39, 0.29) is 11.7 Å². The molecule has 5 nitrogen and oxygen atoms in total. The summed E-state index contributed by atoms with van der Waals surface area (Å²) in [7, 11) is 0. The summed E-state index contributed by atoms with van der Waals surface area (Å²) in [5.74, 6) is -1.63. The predicted molar refractivity (Wildman–Crippen MR) is 98.1 cm³/mol. The second kappa shape index (κ2) is 5.67. The lowest BCUT2D eigenvalue weighted by molar-refractivity contribution is -0.260. The molecule has 2 aromatic rings. The molecule has 3 aliphatic rings. The summed E-state index contributed by atoms with van der Waals surface area (Å²) in [5, 5.41) is 0. The molecule has 27 heavy (non-hydrogen) atoms. The molecule has 0 unspecified atom stereocenters. The number of carbonyl (C=O) groups is 2. The molecule has 2 fully saturated rings. The number of ketones is 1. The lowest BCUT2D eigenvalue weighted by Crippen LogP contribution is -2.55. The van der Waals surface area contributed by atoms with Crippen molar-refractivity contribution < 1.29 is 19.1 Å². The van der Waals surface area contributed by atoms with Crippen LogP contribution < -0.4 is 4.74 Å². The summed E-state index contributed by atoms with van der Waals surface area (Å²) in [6.45, 7) is 1.99. The van der Waals surface area contributed by atoms with Crippen LogP contribution in [0.1, 0.15) is 43.2 Å². The number of amides is 1. The monoisotopic (exact) mass is 363 g/mol. The van der Waals surface area contributed by atoms with E-state index in [0.29, 0.717) is 18.7 Å². The lowest BCUT2D eigenvalue weighted by atomic mass is 9.74. The molecule has 0 aromatic heterocycles. The van der Waals surface area contributed by atoms with Crippen molar-refractivity contribution in [3.05, 3.63) is 65.7 Å². The molecule has 0 N–H and O–H groups in total. The summed E-state index contributed by atoms with van der Waals surface area (Å²) >= 11 is 0. The molecule has 1 amide bonds. The molecule has 3 atom stereocenters. The molecule has 3 heterocycles. The molecule has 0 saturated carbocycles. The van der Waals surface area contributed by atoms with Crippen molar-refractivity contribution in [3.8, 4) is 5.75 Å². The first-order chi connectivity index (χ1) is 13.1. The van der Waals surface area contributed by atoms with E-state index in [2.05, 4.69) is 0 Å². The van der Waals surface area contributed by atoms with Crippen LogP contribution in [0.15, 0.2) is 54.6 Å². The fourth-order valence-electron chi connectivity index (χ4n) is 4.78. The molecule has 5 rings (SSSR count). The Morgan fingerprint density at radius 2 is 1.81 bits per heavy atom. The van der Waals surface area contributed by atoms with E-state index in [1.807, 2.05) is 54.6 Å². The Morgan fingerprint density at radius 3 is 2.59 bits per heavy atom. The van der Waals surface area contributed by atoms with E-state index in [1.165, 1.54) is 6.92 Å². The normalized spacial score (nSPS) is 31.5. The van der Waals surface area contributed by atoms with Gasteiger partial charge in [0.1, 0.15) is 5.75 Å². The Bertz CT molecular complexity index is 927. The Hall–Kier alpha value is -2.66. The first-order valence-corrected chi connectivity index (χ1v) is 9.45. The average molecular weight is 363 g/mol. The molecule has 0 aliphatic carbocycles. The highest BCUT2D eigenvalue weighted by Gasteiger charge is 2.70. The molecule has 2 bridgehead atoms. The Kier molecular flexibility index (Phi) is 3.46. The number of para-hydroxylation sites is 1. The van der Waals surface area contributed by atoms with Gasteiger partial charge in [0, 0.05) is 18.5 Å². The highest BCUT2D eigenvalue weighted by atomic mass is 16.8. The molecule has 0 radical (unpaired) electrons. The molecule has 138 valence electrons. The van der Waals surface area contributed by atoms with Gasteiger partial charge >= 0.3 is 0 Å². The molecule has 5 heteroatoms. The van der Waals surface area contributed by atoms with Crippen LogP contribution in [0.25, 0.3) is 0 Å². The van der Waals surface area contributed by atoms with Crippen LogP contribution in [0.4, 0.5) is 0 Å². The zero-order valence-corrected chi connectivity index (χ0v) is 15.2. The van der Waals surface area contributed by atoms with E-state index in [1.54, 1.807) is 4.90 Å². The topological polar surface area (TPSA) is 55.8 Å². The third kappa shape index (κ3) is 2.09. The van der Waals surface area contributed by atoms with Gasteiger partial charge < -0.3 is 4.74 Å². The van der Waals surface area contributed by atoms with Crippen molar-refractivity contribution in [2.45, 2.75) is 43.6 Å². The summed E-state index contributed by atoms with van der Waals surface area (Å²) in [4.78, 5) is 28.3. The van der Waals surface area contributed by atoms with E-state index >= 15 is 0 Å². The quantitative estimate of drug-likeness (QED) is 0.769. The van der Waals surface area contributed by atoms with Crippen LogP contribution in [0.2, 0.25) is 0 Å². The van der Waals surface area contributed by atoms with Gasteiger partial charge in [-0.1, -0.05) is 48.5 Å². The Morgan fingerprint density at radius 1 is 1.07 bits per heavy atom. The van der Waals surface area contributed by atoms with Crippen LogP contribution in [0, 0.1) is 0 Å². The number of hydrogen-bond donors (Lipinski definition) is 0. The zero-order chi connectivity index (χ0) is 18.6. The van der Waals surface area contributed by atoms with Gasteiger partial charge in [0.05, 0.1) is 5.92 Å². The first-order valence-electron chi connectivity index (χ1n) is 9.45. The van der Waals surface area contributed by atoms with Gasteiger partial charge in [0.2, 0.25) is 5.60 Å². The Balaban J connectivity index is 1.83. The molecule has 1 spiro atoms. The van der Waals surface area contributed by atoms with Crippen molar-refractivity contribution in [2.24, 2.45) is 0 Å². The first kappa shape index (κ1) is 16.5. The number of piperidine rings is 1. The number of fused-ring (bicyclic) bond motifs is 2. The van der Waals surface area contributed by atoms with Gasteiger partial charge in [-0.05, 0) is 31.4 Å². The van der Waals surface area contributed by atoms with E-state index in [9.17, 15) is 9.59 Å². The highest BCUT2D eigenvalue weighted by molar-refractivity contribution is 6.11. The second-order valence-corrected chi connectivity index (χ2v) is 7.50. The largest absolute Gasteiger partial charge is 0.444 e. The maximum atomic E-state index is 13.6. The predicted octanol–water partition coefficient (Wildman–Crippen LogP) is 3.24. The standard InChI is InChI=1S/C22H21NO4/c1-15(24)22-19(16-9-3-2-4-10-16)17-11-5-6-12-18(17)26-21(27-22)13-7-8-14-23(21)20(22)25/h2-6,9-12,19H,7-8,13-14H2,1H3/t19-,21-,22-/m0/s1. The van der Waals surface area contributed by atoms with Crippen molar-refractivity contribution in [3.63, 3.8) is 0 Å². The number of carbonyl (C=O) groups excluding carboxylic acids is 2. The van der Waals surface area contributed by atoms with E-state index in [4.69, 9.17) is 9.47 Å². The van der Waals surface area contributed by atoms with Crippen LogP contribution in [-0.2, 0) is 14.3 Å². The number of benzene rings is 2. The third-order valence-corrected chi connectivity index (χ3v) is 5.98. The zero-order valence-electron chi connectivity index (χ0n) is 15.2. The van der Waals surface area contributed by atoms with Crippen molar-refractivity contribution in [1.29, 1.82) is 0 Å².